The van der Waals surface area contributed by atoms with E-state index in [2.05, 4.69) is 12.1 Å². The summed E-state index contributed by atoms with van der Waals surface area (Å²) in [5.41, 5.74) is -1.14. The first-order chi connectivity index (χ1) is 24.1. The Kier molecular flexibility index (Phi) is 13.8. The minimum Gasteiger partial charge on any atom is -0.744 e. The second-order valence-electron chi connectivity index (χ2n) is 12.7. The Bertz CT molecular complexity index is 1890. The highest BCUT2D eigenvalue weighted by molar-refractivity contribution is 7.97. The van der Waals surface area contributed by atoms with Crippen LogP contribution in [0.2, 0.25) is 0 Å². The minimum absolute atomic E-state index is 0.173. The van der Waals surface area contributed by atoms with Crippen LogP contribution in [-0.2, 0) is 40.1 Å². The van der Waals surface area contributed by atoms with Gasteiger partial charge < -0.3 is 23.5 Å². The molecule has 9 nitrogen and oxygen atoms in total. The van der Waals surface area contributed by atoms with Crippen molar-refractivity contribution in [3.8, 4) is 11.5 Å². The van der Waals surface area contributed by atoms with E-state index in [1.54, 1.807) is 0 Å². The Morgan fingerprint density at radius 2 is 0.962 bits per heavy atom. The fourth-order valence-corrected chi connectivity index (χ4v) is 6.94. The lowest BCUT2D eigenvalue weighted by Gasteiger charge is -2.19. The van der Waals surface area contributed by atoms with Crippen LogP contribution >= 0.6 is 0 Å². The lowest BCUT2D eigenvalue weighted by molar-refractivity contribution is -0.158. The SMILES string of the molecule is CC(C)(C)OC(=O)COc1cccc([S+](c2ccccc2)c2cccc(OCC(=O)OC(C)(C)C)c2)c1.O=S(=O)([O-])c1c(F)c(F)c(F)c(F)c1F. The minimum atomic E-state index is -5.77. The van der Waals surface area contributed by atoms with Crippen LogP contribution in [0.25, 0.3) is 0 Å². The number of carbonyl (C=O) groups is 2. The van der Waals surface area contributed by atoms with Crippen molar-refractivity contribution in [3.63, 3.8) is 0 Å². The topological polar surface area (TPSA) is 128 Å². The van der Waals surface area contributed by atoms with E-state index < -0.39 is 78.1 Å². The first-order valence-corrected chi connectivity index (χ1v) is 17.9. The van der Waals surface area contributed by atoms with Crippen LogP contribution in [0.3, 0.4) is 0 Å². The van der Waals surface area contributed by atoms with Crippen molar-refractivity contribution < 1.29 is 63.5 Å². The van der Waals surface area contributed by atoms with Crippen LogP contribution in [0.1, 0.15) is 41.5 Å². The van der Waals surface area contributed by atoms with E-state index in [9.17, 15) is 44.5 Å². The molecule has 4 rings (SSSR count). The van der Waals surface area contributed by atoms with Crippen molar-refractivity contribution in [2.45, 2.75) is 72.3 Å². The monoisotopic (exact) mass is 770 g/mol. The van der Waals surface area contributed by atoms with Gasteiger partial charge in [0.25, 0.3) is 0 Å². The van der Waals surface area contributed by atoms with E-state index in [1.807, 2.05) is 108 Å². The summed E-state index contributed by atoms with van der Waals surface area (Å²) < 4.78 is 115. The zero-order valence-electron chi connectivity index (χ0n) is 28.8. The molecule has 0 bridgehead atoms. The maximum Gasteiger partial charge on any atom is 0.344 e. The number of hydrogen-bond donors (Lipinski definition) is 0. The van der Waals surface area contributed by atoms with Crippen molar-refractivity contribution in [1.29, 1.82) is 0 Å². The summed E-state index contributed by atoms with van der Waals surface area (Å²) in [5, 5.41) is 0. The summed E-state index contributed by atoms with van der Waals surface area (Å²) in [7, 11) is -6.26. The largest absolute Gasteiger partial charge is 0.744 e. The average Bonchev–Trinajstić information content (AvgIpc) is 3.04. The fourth-order valence-electron chi connectivity index (χ4n) is 4.18. The van der Waals surface area contributed by atoms with Gasteiger partial charge in [-0.15, -0.1) is 0 Å². The molecule has 0 aromatic heterocycles. The van der Waals surface area contributed by atoms with Crippen LogP contribution in [-0.4, -0.2) is 49.3 Å². The zero-order chi connectivity index (χ0) is 39.0. The van der Waals surface area contributed by atoms with Gasteiger partial charge in [-0.05, 0) is 77.9 Å². The van der Waals surface area contributed by atoms with Crippen molar-refractivity contribution >= 4 is 33.0 Å². The summed E-state index contributed by atoms with van der Waals surface area (Å²) >= 11 is 0. The standard InChI is InChI=1S/C30H35O6S.C6HF5O3S/c1-29(2,3)35-27(31)20-33-22-12-10-16-25(18-22)37(24-14-8-7-9-15-24)26-17-11-13-23(19-26)34-21-28(32)36-30(4,5)6;7-1-2(8)4(10)6(15(12,13)14)5(11)3(1)9/h7-19H,20-21H2,1-6H3;(H,12,13,14)/q+1;/p-1. The lowest BCUT2D eigenvalue weighted by atomic mass is 10.2. The van der Waals surface area contributed by atoms with E-state index in [1.165, 1.54) is 0 Å². The molecule has 0 aliphatic carbocycles. The molecule has 0 amide bonds. The molecule has 0 spiro atoms. The second kappa shape index (κ2) is 17.2. The number of rotatable bonds is 10. The van der Waals surface area contributed by atoms with E-state index in [0.717, 1.165) is 14.7 Å². The normalized spacial score (nSPS) is 11.7. The molecule has 0 unspecified atom stereocenters. The highest BCUT2D eigenvalue weighted by Gasteiger charge is 2.31. The smallest absolute Gasteiger partial charge is 0.344 e. The molecular formula is C36H35F5O9S2. The summed E-state index contributed by atoms with van der Waals surface area (Å²) in [5.74, 6) is -12.5. The first kappa shape index (κ1) is 41.7. The number of halogens is 5. The molecule has 4 aromatic rings. The Morgan fingerprint density at radius 1 is 0.596 bits per heavy atom. The van der Waals surface area contributed by atoms with Gasteiger partial charge in [-0.3, -0.25) is 0 Å². The molecule has 0 saturated carbocycles. The maximum absolute atomic E-state index is 12.6. The third kappa shape index (κ3) is 12.2. The van der Waals surface area contributed by atoms with E-state index >= 15 is 0 Å². The van der Waals surface area contributed by atoms with Gasteiger partial charge in [-0.2, -0.15) is 0 Å². The van der Waals surface area contributed by atoms with E-state index in [4.69, 9.17) is 18.9 Å². The molecule has 0 atom stereocenters. The van der Waals surface area contributed by atoms with Gasteiger partial charge >= 0.3 is 11.9 Å². The predicted octanol–water partition coefficient (Wildman–Crippen LogP) is 7.51. The maximum atomic E-state index is 12.6. The number of benzene rings is 4. The van der Waals surface area contributed by atoms with E-state index in [-0.39, 0.29) is 13.2 Å². The average molecular weight is 771 g/mol. The van der Waals surface area contributed by atoms with Crippen molar-refractivity contribution in [1.82, 2.24) is 0 Å². The van der Waals surface area contributed by atoms with Gasteiger partial charge in [0.2, 0.25) is 5.82 Å². The van der Waals surface area contributed by atoms with Crippen LogP contribution in [0, 0.1) is 29.1 Å². The van der Waals surface area contributed by atoms with Crippen molar-refractivity contribution in [2.24, 2.45) is 0 Å². The molecule has 0 aliphatic rings. The van der Waals surface area contributed by atoms with Gasteiger partial charge in [-0.1, -0.05) is 30.3 Å². The van der Waals surface area contributed by atoms with Gasteiger partial charge in [0.1, 0.15) is 37.7 Å². The van der Waals surface area contributed by atoms with Crippen LogP contribution < -0.4 is 9.47 Å². The number of ether oxygens (including phenoxy) is 4. The van der Waals surface area contributed by atoms with Crippen LogP contribution in [0.15, 0.2) is 98.4 Å². The molecule has 0 radical (unpaired) electrons. The third-order valence-corrected chi connectivity index (χ3v) is 9.09. The summed E-state index contributed by atoms with van der Waals surface area (Å²) in [4.78, 5) is 25.0. The fraction of sp³-hybridized carbons (Fsp3) is 0.278. The zero-order valence-corrected chi connectivity index (χ0v) is 30.4. The van der Waals surface area contributed by atoms with Crippen LogP contribution in [0.4, 0.5) is 22.0 Å². The lowest BCUT2D eigenvalue weighted by Crippen LogP contribution is -2.27. The molecule has 0 fully saturated rings. The van der Waals surface area contributed by atoms with Crippen molar-refractivity contribution in [3.05, 3.63) is 108 Å². The molecule has 0 saturated heterocycles. The number of carbonyl (C=O) groups excluding carboxylic acids is 2. The summed E-state index contributed by atoms with van der Waals surface area (Å²) in [6.07, 6.45) is 0. The highest BCUT2D eigenvalue weighted by Crippen LogP contribution is 2.34. The quantitative estimate of drug-likeness (QED) is 0.0402. The van der Waals surface area contributed by atoms with Gasteiger partial charge in [0.05, 0.1) is 10.9 Å². The molecule has 0 N–H and O–H groups in total. The Morgan fingerprint density at radius 3 is 1.33 bits per heavy atom. The molecular weight excluding hydrogens is 736 g/mol. The second-order valence-corrected chi connectivity index (χ2v) is 16.0. The van der Waals surface area contributed by atoms with Crippen molar-refractivity contribution in [2.75, 3.05) is 13.2 Å². The first-order valence-electron chi connectivity index (χ1n) is 15.2. The van der Waals surface area contributed by atoms with E-state index in [0.29, 0.717) is 11.5 Å². The highest BCUT2D eigenvalue weighted by atomic mass is 32.2. The Hall–Kier alpha value is -4.67. The third-order valence-electron chi connectivity index (χ3n) is 6.03. The molecule has 280 valence electrons. The van der Waals surface area contributed by atoms with Crippen LogP contribution in [0.5, 0.6) is 11.5 Å². The van der Waals surface area contributed by atoms with Gasteiger partial charge in [0, 0.05) is 12.1 Å². The molecule has 0 aliphatic heterocycles. The summed E-state index contributed by atoms with van der Waals surface area (Å²) in [6, 6.07) is 25.5. The predicted molar refractivity (Wildman–Crippen MR) is 178 cm³/mol. The number of hydrogen-bond acceptors (Lipinski definition) is 9. The van der Waals surface area contributed by atoms with Gasteiger partial charge in [-0.25, -0.2) is 40.0 Å². The number of esters is 2. The summed E-state index contributed by atoms with van der Waals surface area (Å²) in [6.45, 7) is 10.6. The molecule has 0 heterocycles. The molecule has 52 heavy (non-hydrogen) atoms. The Balaban J connectivity index is 0.000000406. The van der Waals surface area contributed by atoms with Gasteiger partial charge in [0.15, 0.2) is 51.2 Å². The Labute approximate surface area is 300 Å². The molecule has 4 aromatic carbocycles. The molecule has 16 heteroatoms.